The smallest absolute Gasteiger partial charge is 0.323 e. The molecule has 0 spiro atoms. The first kappa shape index (κ1) is 17.3. The van der Waals surface area contributed by atoms with Crippen LogP contribution in [0.1, 0.15) is 36.8 Å². The molecule has 0 radical (unpaired) electrons. The molecule has 0 fully saturated rings. The van der Waals surface area contributed by atoms with Crippen LogP contribution in [0.5, 0.6) is 5.75 Å². The van der Waals surface area contributed by atoms with E-state index in [1.807, 2.05) is 20.8 Å². The number of hydrogen-bond acceptors (Lipinski definition) is 4. The quantitative estimate of drug-likeness (QED) is 0.648. The molecular weight excluding hydrogens is 308 g/mol. The van der Waals surface area contributed by atoms with E-state index in [9.17, 15) is 14.7 Å². The third kappa shape index (κ3) is 3.81. The number of aromatic nitrogens is 1. The third-order valence-corrected chi connectivity index (χ3v) is 3.33. The average Bonchev–Trinajstić information content (AvgIpc) is 2.48. The molecule has 2 rings (SSSR count). The normalized spacial score (nSPS) is 11.0. The summed E-state index contributed by atoms with van der Waals surface area (Å²) >= 11 is 0. The van der Waals surface area contributed by atoms with Crippen LogP contribution < -0.4 is 16.4 Å². The van der Waals surface area contributed by atoms with Gasteiger partial charge in [-0.2, -0.15) is 0 Å². The third-order valence-electron chi connectivity index (χ3n) is 3.33. The van der Waals surface area contributed by atoms with E-state index in [1.165, 1.54) is 12.3 Å². The van der Waals surface area contributed by atoms with Crippen molar-refractivity contribution >= 4 is 23.3 Å². The van der Waals surface area contributed by atoms with E-state index >= 15 is 0 Å². The number of hydrogen-bond donors (Lipinski definition) is 4. The molecule has 0 unspecified atom stereocenters. The number of phenols is 1. The summed E-state index contributed by atoms with van der Waals surface area (Å²) in [5.41, 5.74) is 6.29. The first-order valence-corrected chi connectivity index (χ1v) is 7.35. The van der Waals surface area contributed by atoms with Crippen molar-refractivity contribution in [3.05, 3.63) is 47.8 Å². The second kappa shape index (κ2) is 6.57. The van der Waals surface area contributed by atoms with Gasteiger partial charge in [0.2, 0.25) is 0 Å². The number of nitrogens with zero attached hydrogens (tertiary/aromatic N) is 1. The number of phenolic OH excluding ortho intramolecular Hbond substituents is 1. The molecule has 0 aliphatic carbocycles. The number of nitrogens with two attached hydrogens (primary N) is 1. The van der Waals surface area contributed by atoms with E-state index in [1.54, 1.807) is 24.3 Å². The van der Waals surface area contributed by atoms with Gasteiger partial charge < -0.3 is 21.5 Å². The second-order valence-electron chi connectivity index (χ2n) is 6.29. The van der Waals surface area contributed by atoms with Gasteiger partial charge in [0.25, 0.3) is 5.91 Å². The van der Waals surface area contributed by atoms with E-state index in [0.717, 1.165) is 0 Å². The molecule has 0 atom stereocenters. The van der Waals surface area contributed by atoms with Crippen molar-refractivity contribution in [3.63, 3.8) is 0 Å². The zero-order valence-electron chi connectivity index (χ0n) is 13.8. The molecule has 7 nitrogen and oxygen atoms in total. The molecule has 0 aliphatic rings. The summed E-state index contributed by atoms with van der Waals surface area (Å²) in [5.74, 6) is -0.707. The second-order valence-corrected chi connectivity index (χ2v) is 6.29. The van der Waals surface area contributed by atoms with Gasteiger partial charge in [0.05, 0.1) is 11.4 Å². The molecule has 0 saturated carbocycles. The highest BCUT2D eigenvalue weighted by atomic mass is 16.3. The number of rotatable bonds is 3. The van der Waals surface area contributed by atoms with Crippen LogP contribution in [-0.4, -0.2) is 22.0 Å². The Hall–Kier alpha value is -3.09. The molecule has 0 saturated heterocycles. The van der Waals surface area contributed by atoms with Crippen molar-refractivity contribution in [1.29, 1.82) is 0 Å². The van der Waals surface area contributed by atoms with Crippen molar-refractivity contribution in [1.82, 2.24) is 4.98 Å². The average molecular weight is 328 g/mol. The number of benzene rings is 1. The highest BCUT2D eigenvalue weighted by Crippen LogP contribution is 2.32. The highest BCUT2D eigenvalue weighted by Gasteiger charge is 2.26. The topological polar surface area (TPSA) is 117 Å². The predicted octanol–water partition coefficient (Wildman–Crippen LogP) is 2.83. The summed E-state index contributed by atoms with van der Waals surface area (Å²) in [6.07, 6.45) is 1.41. The molecule has 0 aliphatic heterocycles. The summed E-state index contributed by atoms with van der Waals surface area (Å²) in [5, 5.41) is 14.9. The van der Waals surface area contributed by atoms with Gasteiger partial charge in [-0.3, -0.25) is 9.78 Å². The van der Waals surface area contributed by atoms with E-state index in [0.29, 0.717) is 11.3 Å². The molecule has 3 amide bonds. The maximum absolute atomic E-state index is 12.2. The molecule has 2 aromatic rings. The fourth-order valence-corrected chi connectivity index (χ4v) is 2.37. The number of carbonyl (C=O) groups excluding carboxylic acids is 2. The number of para-hydroxylation sites is 2. The largest absolute Gasteiger partial charge is 0.506 e. The Morgan fingerprint density at radius 2 is 1.71 bits per heavy atom. The van der Waals surface area contributed by atoms with Gasteiger partial charge in [0.15, 0.2) is 0 Å². The molecule has 24 heavy (non-hydrogen) atoms. The molecule has 7 heteroatoms. The predicted molar refractivity (Wildman–Crippen MR) is 92.2 cm³/mol. The van der Waals surface area contributed by atoms with E-state index in [2.05, 4.69) is 15.6 Å². The van der Waals surface area contributed by atoms with E-state index in [-0.39, 0.29) is 17.1 Å². The van der Waals surface area contributed by atoms with Gasteiger partial charge in [-0.05, 0) is 23.6 Å². The van der Waals surface area contributed by atoms with Gasteiger partial charge in [-0.1, -0.05) is 32.9 Å². The minimum Gasteiger partial charge on any atom is -0.506 e. The number of urea groups is 1. The Kier molecular flexibility index (Phi) is 4.73. The Bertz CT molecular complexity index is 782. The van der Waals surface area contributed by atoms with Gasteiger partial charge in [-0.25, -0.2) is 4.79 Å². The fourth-order valence-electron chi connectivity index (χ4n) is 2.37. The molecular formula is C17H20N4O3. The van der Waals surface area contributed by atoms with Crippen LogP contribution in [0, 0.1) is 0 Å². The Balaban J connectivity index is 2.33. The van der Waals surface area contributed by atoms with Crippen molar-refractivity contribution in [2.45, 2.75) is 26.2 Å². The zero-order chi connectivity index (χ0) is 17.9. The van der Waals surface area contributed by atoms with Crippen LogP contribution in [0.25, 0.3) is 0 Å². The lowest BCUT2D eigenvalue weighted by atomic mass is 9.84. The lowest BCUT2D eigenvalue weighted by molar-refractivity contribution is 0.0993. The number of amides is 3. The minimum atomic E-state index is -0.662. The fraction of sp³-hybridized carbons (Fsp3) is 0.235. The van der Waals surface area contributed by atoms with Crippen LogP contribution in [0.4, 0.5) is 16.2 Å². The van der Waals surface area contributed by atoms with Crippen LogP contribution in [0.15, 0.2) is 36.5 Å². The van der Waals surface area contributed by atoms with Gasteiger partial charge in [0.1, 0.15) is 11.4 Å². The monoisotopic (exact) mass is 328 g/mol. The van der Waals surface area contributed by atoms with Gasteiger partial charge in [0, 0.05) is 11.8 Å². The first-order chi connectivity index (χ1) is 11.2. The molecule has 1 aromatic carbocycles. The Morgan fingerprint density at radius 3 is 2.29 bits per heavy atom. The van der Waals surface area contributed by atoms with Crippen LogP contribution in [0.3, 0.4) is 0 Å². The standard InChI is InChI=1S/C17H20N4O3/c1-17(2,3)13-11(8-9-19-14(13)15(18)23)21-16(24)20-10-6-4-5-7-12(10)22/h4-9,22H,1-3H3,(H2,18,23)(H2,19,20,21,24). The van der Waals surface area contributed by atoms with Crippen molar-refractivity contribution < 1.29 is 14.7 Å². The van der Waals surface area contributed by atoms with Gasteiger partial charge >= 0.3 is 6.03 Å². The number of primary amides is 1. The summed E-state index contributed by atoms with van der Waals surface area (Å²) in [6, 6.07) is 7.42. The highest BCUT2D eigenvalue weighted by molar-refractivity contribution is 6.02. The van der Waals surface area contributed by atoms with Crippen molar-refractivity contribution in [2.75, 3.05) is 10.6 Å². The summed E-state index contributed by atoms with van der Waals surface area (Å²) in [6.45, 7) is 5.67. The van der Waals surface area contributed by atoms with Crippen molar-refractivity contribution in [2.24, 2.45) is 5.73 Å². The Morgan fingerprint density at radius 1 is 1.08 bits per heavy atom. The molecule has 1 heterocycles. The van der Waals surface area contributed by atoms with Crippen LogP contribution in [-0.2, 0) is 5.41 Å². The number of nitrogens with one attached hydrogen (secondary N) is 2. The van der Waals surface area contributed by atoms with Crippen molar-refractivity contribution in [3.8, 4) is 5.75 Å². The first-order valence-electron chi connectivity index (χ1n) is 7.35. The molecule has 5 N–H and O–H groups in total. The number of carbonyl (C=O) groups is 2. The van der Waals surface area contributed by atoms with Gasteiger partial charge in [-0.15, -0.1) is 0 Å². The maximum atomic E-state index is 12.2. The maximum Gasteiger partial charge on any atom is 0.323 e. The zero-order valence-corrected chi connectivity index (χ0v) is 13.8. The number of anilines is 2. The van der Waals surface area contributed by atoms with Crippen LogP contribution >= 0.6 is 0 Å². The Labute approximate surface area is 139 Å². The molecule has 1 aromatic heterocycles. The lowest BCUT2D eigenvalue weighted by Gasteiger charge is -2.24. The molecule has 126 valence electrons. The summed E-state index contributed by atoms with van der Waals surface area (Å²) in [4.78, 5) is 27.9. The van der Waals surface area contributed by atoms with E-state index in [4.69, 9.17) is 5.73 Å². The van der Waals surface area contributed by atoms with Crippen LogP contribution in [0.2, 0.25) is 0 Å². The number of pyridine rings is 1. The number of aromatic hydroxyl groups is 1. The molecule has 0 bridgehead atoms. The lowest BCUT2D eigenvalue weighted by Crippen LogP contribution is -2.27. The van der Waals surface area contributed by atoms with E-state index < -0.39 is 17.4 Å². The summed E-state index contributed by atoms with van der Waals surface area (Å²) in [7, 11) is 0. The summed E-state index contributed by atoms with van der Waals surface area (Å²) < 4.78 is 0. The SMILES string of the molecule is CC(C)(C)c1c(NC(=O)Nc2ccccc2O)ccnc1C(N)=O. The minimum absolute atomic E-state index is 0.0451.